The minimum absolute atomic E-state index is 0.134. The third-order valence-electron chi connectivity index (χ3n) is 6.82. The van der Waals surface area contributed by atoms with Crippen molar-refractivity contribution in [3.8, 4) is 0 Å². The lowest BCUT2D eigenvalue weighted by atomic mass is 9.86. The number of carbonyl (C=O) groups excluding carboxylic acids is 1. The topological polar surface area (TPSA) is 43.8 Å². The number of aliphatic hydroxyl groups excluding tert-OH is 1. The van der Waals surface area contributed by atoms with Crippen LogP contribution in [0.3, 0.4) is 0 Å². The molecule has 3 atom stereocenters. The van der Waals surface area contributed by atoms with Crippen LogP contribution < -0.4 is 0 Å². The summed E-state index contributed by atoms with van der Waals surface area (Å²) in [5.41, 5.74) is 1.60. The van der Waals surface area contributed by atoms with Gasteiger partial charge in [-0.05, 0) is 73.0 Å². The molecule has 1 aliphatic heterocycles. The summed E-state index contributed by atoms with van der Waals surface area (Å²) in [6, 6.07) is 2.92. The molecule has 1 amide bonds. The van der Waals surface area contributed by atoms with Gasteiger partial charge in [-0.15, -0.1) is 0 Å². The van der Waals surface area contributed by atoms with Crippen molar-refractivity contribution in [3.63, 3.8) is 0 Å². The van der Waals surface area contributed by atoms with E-state index in [0.717, 1.165) is 38.9 Å². The Labute approximate surface area is 154 Å². The first-order chi connectivity index (χ1) is 12.1. The molecule has 4 rings (SSSR count). The molecule has 1 spiro atoms. The summed E-state index contributed by atoms with van der Waals surface area (Å²) >= 11 is 1.70. The van der Waals surface area contributed by atoms with Gasteiger partial charge in [0.1, 0.15) is 0 Å². The molecular formula is C20H30N2O2S. The number of thiophene rings is 1. The summed E-state index contributed by atoms with van der Waals surface area (Å²) in [6.07, 6.45) is 7.92. The Bertz CT molecular complexity index is 595. The average Bonchev–Trinajstić information content (AvgIpc) is 3.04. The Balaban J connectivity index is 1.36. The van der Waals surface area contributed by atoms with Crippen LogP contribution in [0.4, 0.5) is 0 Å². The Morgan fingerprint density at radius 1 is 1.36 bits per heavy atom. The van der Waals surface area contributed by atoms with Crippen molar-refractivity contribution in [2.24, 2.45) is 5.41 Å². The fourth-order valence-electron chi connectivity index (χ4n) is 5.14. The molecule has 2 heterocycles. The molecule has 2 aliphatic carbocycles. The molecule has 25 heavy (non-hydrogen) atoms. The van der Waals surface area contributed by atoms with Crippen LogP contribution in [0.5, 0.6) is 0 Å². The molecule has 1 saturated heterocycles. The molecule has 0 aromatic carbocycles. The first-order valence-electron chi connectivity index (χ1n) is 9.79. The fourth-order valence-corrected chi connectivity index (χ4v) is 5.80. The van der Waals surface area contributed by atoms with E-state index in [4.69, 9.17) is 0 Å². The van der Waals surface area contributed by atoms with Gasteiger partial charge >= 0.3 is 0 Å². The molecule has 0 bridgehead atoms. The van der Waals surface area contributed by atoms with Crippen LogP contribution in [-0.2, 0) is 11.3 Å². The Hall–Kier alpha value is -0.910. The van der Waals surface area contributed by atoms with Gasteiger partial charge in [0.25, 0.3) is 0 Å². The summed E-state index contributed by atoms with van der Waals surface area (Å²) in [4.78, 5) is 16.9. The molecule has 1 N–H and O–H groups in total. The van der Waals surface area contributed by atoms with E-state index in [1.165, 1.54) is 31.2 Å². The predicted molar refractivity (Wildman–Crippen MR) is 100 cm³/mol. The van der Waals surface area contributed by atoms with E-state index >= 15 is 0 Å². The maximum absolute atomic E-state index is 12.2. The van der Waals surface area contributed by atoms with Crippen LogP contribution in [-0.4, -0.2) is 52.1 Å². The number of hydrogen-bond acceptors (Lipinski definition) is 4. The molecule has 0 unspecified atom stereocenters. The van der Waals surface area contributed by atoms with E-state index in [1.54, 1.807) is 18.3 Å². The number of likely N-dealkylation sites (tertiary alicyclic amines) is 1. The van der Waals surface area contributed by atoms with E-state index in [2.05, 4.69) is 26.6 Å². The molecule has 4 nitrogen and oxygen atoms in total. The normalized spacial score (nSPS) is 31.8. The van der Waals surface area contributed by atoms with Crippen LogP contribution in [0.15, 0.2) is 16.8 Å². The molecule has 3 aliphatic rings. The second-order valence-electron chi connectivity index (χ2n) is 8.32. The SMILES string of the molecule is CC(=O)N(Cc1ccsc1)[C@@H]1CC12CCN([C@H]1CCCC[C@@H]1O)CC2. The summed E-state index contributed by atoms with van der Waals surface area (Å²) in [7, 11) is 0. The van der Waals surface area contributed by atoms with Gasteiger partial charge in [-0.1, -0.05) is 12.8 Å². The summed E-state index contributed by atoms with van der Waals surface area (Å²) in [5, 5.41) is 14.6. The predicted octanol–water partition coefficient (Wildman–Crippen LogP) is 3.25. The third-order valence-corrected chi connectivity index (χ3v) is 7.55. The quantitative estimate of drug-likeness (QED) is 0.894. The minimum atomic E-state index is -0.134. The van der Waals surface area contributed by atoms with Crippen LogP contribution in [0.1, 0.15) is 57.4 Å². The second kappa shape index (κ2) is 7.01. The van der Waals surface area contributed by atoms with E-state index < -0.39 is 0 Å². The summed E-state index contributed by atoms with van der Waals surface area (Å²) in [5.74, 6) is 0.207. The van der Waals surface area contributed by atoms with Gasteiger partial charge in [0.15, 0.2) is 0 Å². The van der Waals surface area contributed by atoms with Crippen LogP contribution in [0.25, 0.3) is 0 Å². The highest BCUT2D eigenvalue weighted by atomic mass is 32.1. The van der Waals surface area contributed by atoms with E-state index in [-0.39, 0.29) is 12.0 Å². The maximum Gasteiger partial charge on any atom is 0.220 e. The Morgan fingerprint density at radius 3 is 2.76 bits per heavy atom. The monoisotopic (exact) mass is 362 g/mol. The van der Waals surface area contributed by atoms with Gasteiger partial charge in [0.2, 0.25) is 5.91 Å². The van der Waals surface area contributed by atoms with Gasteiger partial charge in [0.05, 0.1) is 6.10 Å². The number of nitrogens with zero attached hydrogens (tertiary/aromatic N) is 2. The van der Waals surface area contributed by atoms with Gasteiger partial charge < -0.3 is 10.0 Å². The molecule has 5 heteroatoms. The number of hydrogen-bond donors (Lipinski definition) is 1. The zero-order valence-electron chi connectivity index (χ0n) is 15.2. The average molecular weight is 363 g/mol. The minimum Gasteiger partial charge on any atom is -0.391 e. The first-order valence-corrected chi connectivity index (χ1v) is 10.7. The van der Waals surface area contributed by atoms with Crippen molar-refractivity contribution >= 4 is 17.2 Å². The molecule has 3 fully saturated rings. The molecule has 1 aromatic rings. The summed E-state index contributed by atoms with van der Waals surface area (Å²) < 4.78 is 0. The smallest absolute Gasteiger partial charge is 0.220 e. The molecule has 2 saturated carbocycles. The lowest BCUT2D eigenvalue weighted by Gasteiger charge is -2.42. The zero-order chi connectivity index (χ0) is 17.4. The molecule has 0 radical (unpaired) electrons. The number of piperidine rings is 1. The second-order valence-corrected chi connectivity index (χ2v) is 9.10. The highest BCUT2D eigenvalue weighted by Gasteiger charge is 2.58. The van der Waals surface area contributed by atoms with Gasteiger partial charge in [-0.2, -0.15) is 11.3 Å². The highest BCUT2D eigenvalue weighted by molar-refractivity contribution is 7.07. The maximum atomic E-state index is 12.2. The van der Waals surface area contributed by atoms with Crippen LogP contribution in [0.2, 0.25) is 0 Å². The molecular weight excluding hydrogens is 332 g/mol. The number of amides is 1. The highest BCUT2D eigenvalue weighted by Crippen LogP contribution is 2.57. The number of rotatable bonds is 4. The fraction of sp³-hybridized carbons (Fsp3) is 0.750. The van der Waals surface area contributed by atoms with Crippen molar-refractivity contribution in [2.45, 2.75) is 76.6 Å². The lowest BCUT2D eigenvalue weighted by Crippen LogP contribution is -2.50. The van der Waals surface area contributed by atoms with Crippen LogP contribution in [0, 0.1) is 5.41 Å². The van der Waals surface area contributed by atoms with Crippen molar-refractivity contribution in [1.82, 2.24) is 9.80 Å². The first kappa shape index (κ1) is 17.5. The molecule has 138 valence electrons. The molecule has 1 aromatic heterocycles. The van der Waals surface area contributed by atoms with Crippen molar-refractivity contribution in [2.75, 3.05) is 13.1 Å². The van der Waals surface area contributed by atoms with E-state index in [1.807, 2.05) is 0 Å². The van der Waals surface area contributed by atoms with Crippen LogP contribution >= 0.6 is 11.3 Å². The standard InChI is InChI=1S/C20H30N2O2S/c1-15(23)22(13-16-6-11-25-14-16)19-12-20(19)7-9-21(10-8-20)17-4-2-3-5-18(17)24/h6,11,14,17-19,24H,2-5,7-10,12-13H2,1H3/t17-,18-,19+/m0/s1. The summed E-state index contributed by atoms with van der Waals surface area (Å²) in [6.45, 7) is 4.65. The number of carbonyl (C=O) groups is 1. The third kappa shape index (κ3) is 3.51. The Kier molecular flexibility index (Phi) is 4.91. The van der Waals surface area contributed by atoms with Crippen molar-refractivity contribution < 1.29 is 9.90 Å². The van der Waals surface area contributed by atoms with Gasteiger partial charge in [-0.25, -0.2) is 0 Å². The van der Waals surface area contributed by atoms with E-state index in [0.29, 0.717) is 17.5 Å². The van der Waals surface area contributed by atoms with Gasteiger partial charge in [0, 0.05) is 25.6 Å². The zero-order valence-corrected chi connectivity index (χ0v) is 16.0. The van der Waals surface area contributed by atoms with E-state index in [9.17, 15) is 9.90 Å². The lowest BCUT2D eigenvalue weighted by molar-refractivity contribution is -0.130. The Morgan fingerprint density at radius 2 is 2.12 bits per heavy atom. The van der Waals surface area contributed by atoms with Crippen molar-refractivity contribution in [3.05, 3.63) is 22.4 Å². The van der Waals surface area contributed by atoms with Gasteiger partial charge in [-0.3, -0.25) is 9.69 Å². The largest absolute Gasteiger partial charge is 0.391 e. The number of aliphatic hydroxyl groups is 1. The van der Waals surface area contributed by atoms with Crippen molar-refractivity contribution in [1.29, 1.82) is 0 Å².